The third-order valence-electron chi connectivity index (χ3n) is 3.11. The van der Waals surface area contributed by atoms with E-state index in [1.807, 2.05) is 0 Å². The smallest absolute Gasteiger partial charge is 0.166 e. The molecule has 3 aromatic rings. The molecule has 0 atom stereocenters. The molecule has 0 aliphatic rings. The summed E-state index contributed by atoms with van der Waals surface area (Å²) in [7, 11) is 0. The first-order valence-corrected chi connectivity index (χ1v) is 6.59. The van der Waals surface area contributed by atoms with Crippen LogP contribution in [0.25, 0.3) is 20.2 Å². The van der Waals surface area contributed by atoms with Crippen LogP contribution in [0.1, 0.15) is 11.1 Å². The molecule has 7 heteroatoms. The van der Waals surface area contributed by atoms with Gasteiger partial charge in [0.2, 0.25) is 0 Å². The second kappa shape index (κ2) is 4.37. The Balaban J connectivity index is 2.48. The lowest BCUT2D eigenvalue weighted by Gasteiger charge is -2.12. The van der Waals surface area contributed by atoms with Crippen molar-refractivity contribution < 1.29 is 26.3 Å². The summed E-state index contributed by atoms with van der Waals surface area (Å²) < 4.78 is 78.0. The van der Waals surface area contributed by atoms with E-state index in [2.05, 4.69) is 0 Å². The molecule has 0 saturated carbocycles. The van der Waals surface area contributed by atoms with Gasteiger partial charge in [0.05, 0.1) is 11.1 Å². The fourth-order valence-corrected chi connectivity index (χ4v) is 3.42. The predicted molar refractivity (Wildman–Crippen MR) is 69.3 cm³/mol. The number of hydrogen-bond donors (Lipinski definition) is 0. The third kappa shape index (κ3) is 2.35. The lowest BCUT2D eigenvalue weighted by atomic mass is 10.0. The molecule has 0 nitrogen and oxygen atoms in total. The van der Waals surface area contributed by atoms with Gasteiger partial charge in [0.1, 0.15) is 0 Å². The second-order valence-electron chi connectivity index (χ2n) is 4.49. The minimum absolute atomic E-state index is 0.0160. The monoisotopic (exact) mass is 320 g/mol. The summed E-state index contributed by atoms with van der Waals surface area (Å²) in [6, 6.07) is 7.29. The fraction of sp³-hybridized carbons (Fsp3) is 0.143. The lowest BCUT2D eigenvalue weighted by molar-refractivity contribution is -0.142. The largest absolute Gasteiger partial charge is 0.417 e. The van der Waals surface area contributed by atoms with Crippen LogP contribution in [0.2, 0.25) is 0 Å². The van der Waals surface area contributed by atoms with Crippen molar-refractivity contribution in [3.8, 4) is 0 Å². The summed E-state index contributed by atoms with van der Waals surface area (Å²) in [4.78, 5) is 0. The first-order chi connectivity index (χ1) is 9.68. The normalized spacial score (nSPS) is 13.2. The molecule has 0 unspecified atom stereocenters. The van der Waals surface area contributed by atoms with Gasteiger partial charge in [-0.3, -0.25) is 0 Å². The average Bonchev–Trinajstić information content (AvgIpc) is 2.73. The number of thiophene rings is 1. The molecule has 110 valence electrons. The Morgan fingerprint density at radius 2 is 1.43 bits per heavy atom. The maximum atomic E-state index is 13.1. The zero-order valence-electron chi connectivity index (χ0n) is 10.1. The molecule has 0 N–H and O–H groups in total. The number of benzene rings is 2. The Hall–Kier alpha value is -1.76. The molecule has 0 spiro atoms. The van der Waals surface area contributed by atoms with Gasteiger partial charge in [0, 0.05) is 20.2 Å². The Labute approximate surface area is 118 Å². The fourth-order valence-electron chi connectivity index (χ4n) is 2.20. The number of rotatable bonds is 0. The summed E-state index contributed by atoms with van der Waals surface area (Å²) in [6.45, 7) is 0. The lowest BCUT2D eigenvalue weighted by Crippen LogP contribution is -2.10. The quantitative estimate of drug-likeness (QED) is 0.440. The predicted octanol–water partition coefficient (Wildman–Crippen LogP) is 6.09. The van der Waals surface area contributed by atoms with Crippen molar-refractivity contribution in [2.45, 2.75) is 12.4 Å². The van der Waals surface area contributed by atoms with Gasteiger partial charge in [-0.15, -0.1) is 11.3 Å². The SMILES string of the molecule is FC(F)(F)c1cc(C(F)(F)F)c2sc3ccccc3c2c1. The van der Waals surface area contributed by atoms with Crippen LogP contribution in [-0.4, -0.2) is 0 Å². The summed E-state index contributed by atoms with van der Waals surface area (Å²) >= 11 is 0.847. The summed E-state index contributed by atoms with van der Waals surface area (Å²) in [5.41, 5.74) is -2.53. The number of fused-ring (bicyclic) bond motifs is 3. The molecule has 0 bridgehead atoms. The molecule has 1 aromatic heterocycles. The van der Waals surface area contributed by atoms with Crippen LogP contribution in [-0.2, 0) is 12.4 Å². The van der Waals surface area contributed by atoms with Crippen LogP contribution in [0.3, 0.4) is 0 Å². The summed E-state index contributed by atoms with van der Waals surface area (Å²) in [5.74, 6) is 0. The van der Waals surface area contributed by atoms with Gasteiger partial charge in [0.15, 0.2) is 0 Å². The van der Waals surface area contributed by atoms with Gasteiger partial charge >= 0.3 is 12.4 Å². The van der Waals surface area contributed by atoms with Gasteiger partial charge in [-0.25, -0.2) is 0 Å². The highest BCUT2D eigenvalue weighted by molar-refractivity contribution is 7.26. The van der Waals surface area contributed by atoms with E-state index < -0.39 is 23.5 Å². The van der Waals surface area contributed by atoms with Crippen LogP contribution in [0.5, 0.6) is 0 Å². The molecular formula is C14H6F6S. The van der Waals surface area contributed by atoms with Crippen molar-refractivity contribution >= 4 is 31.5 Å². The standard InChI is InChI=1S/C14H6F6S/c15-13(16,17)7-5-9-8-3-1-2-4-11(8)21-12(9)10(6-7)14(18,19)20/h1-6H. The zero-order chi connectivity index (χ0) is 15.4. The summed E-state index contributed by atoms with van der Waals surface area (Å²) in [5, 5.41) is 0.381. The molecular weight excluding hydrogens is 314 g/mol. The molecule has 3 rings (SSSR count). The third-order valence-corrected chi connectivity index (χ3v) is 4.33. The minimum Gasteiger partial charge on any atom is -0.166 e. The van der Waals surface area contributed by atoms with Crippen molar-refractivity contribution in [2.75, 3.05) is 0 Å². The van der Waals surface area contributed by atoms with Gasteiger partial charge in [-0.1, -0.05) is 18.2 Å². The molecule has 0 aliphatic carbocycles. The Morgan fingerprint density at radius 3 is 2.05 bits per heavy atom. The molecule has 0 aliphatic heterocycles. The first-order valence-electron chi connectivity index (χ1n) is 5.77. The minimum atomic E-state index is -4.83. The number of hydrogen-bond acceptors (Lipinski definition) is 1. The van der Waals surface area contributed by atoms with E-state index in [-0.39, 0.29) is 16.2 Å². The van der Waals surface area contributed by atoms with Gasteiger partial charge in [-0.05, 0) is 18.2 Å². The summed E-state index contributed by atoms with van der Waals surface area (Å²) in [6.07, 6.45) is -9.66. The molecule has 21 heavy (non-hydrogen) atoms. The van der Waals surface area contributed by atoms with E-state index in [0.29, 0.717) is 10.1 Å². The topological polar surface area (TPSA) is 0 Å². The van der Waals surface area contributed by atoms with Crippen LogP contribution in [0.15, 0.2) is 36.4 Å². The van der Waals surface area contributed by atoms with E-state index in [1.54, 1.807) is 18.2 Å². The Kier molecular flexibility index (Phi) is 2.95. The maximum absolute atomic E-state index is 13.1. The van der Waals surface area contributed by atoms with Crippen LogP contribution in [0.4, 0.5) is 26.3 Å². The van der Waals surface area contributed by atoms with Crippen molar-refractivity contribution in [1.82, 2.24) is 0 Å². The highest BCUT2D eigenvalue weighted by atomic mass is 32.1. The van der Waals surface area contributed by atoms with E-state index in [4.69, 9.17) is 0 Å². The van der Waals surface area contributed by atoms with Crippen molar-refractivity contribution in [3.05, 3.63) is 47.5 Å². The average molecular weight is 320 g/mol. The van der Waals surface area contributed by atoms with E-state index in [0.717, 1.165) is 17.4 Å². The van der Waals surface area contributed by atoms with E-state index >= 15 is 0 Å². The molecule has 0 amide bonds. The van der Waals surface area contributed by atoms with Gasteiger partial charge < -0.3 is 0 Å². The number of alkyl halides is 6. The molecule has 1 heterocycles. The molecule has 0 fully saturated rings. The molecule has 0 saturated heterocycles. The van der Waals surface area contributed by atoms with Crippen LogP contribution < -0.4 is 0 Å². The highest BCUT2D eigenvalue weighted by Gasteiger charge is 2.38. The number of halogens is 6. The van der Waals surface area contributed by atoms with E-state index in [1.165, 1.54) is 6.07 Å². The zero-order valence-corrected chi connectivity index (χ0v) is 11.0. The van der Waals surface area contributed by atoms with Crippen LogP contribution in [0, 0.1) is 0 Å². The highest BCUT2D eigenvalue weighted by Crippen LogP contribution is 2.45. The van der Waals surface area contributed by atoms with Crippen molar-refractivity contribution in [1.29, 1.82) is 0 Å². The maximum Gasteiger partial charge on any atom is 0.417 e. The van der Waals surface area contributed by atoms with Crippen molar-refractivity contribution in [3.63, 3.8) is 0 Å². The van der Waals surface area contributed by atoms with Gasteiger partial charge in [0.25, 0.3) is 0 Å². The van der Waals surface area contributed by atoms with Crippen molar-refractivity contribution in [2.24, 2.45) is 0 Å². The molecule has 0 radical (unpaired) electrons. The molecule has 2 aromatic carbocycles. The Morgan fingerprint density at radius 1 is 0.762 bits per heavy atom. The first kappa shape index (κ1) is 14.2. The van der Waals surface area contributed by atoms with Crippen LogP contribution >= 0.6 is 11.3 Å². The Bertz CT molecular complexity index is 825. The van der Waals surface area contributed by atoms with Gasteiger partial charge in [-0.2, -0.15) is 26.3 Å². The second-order valence-corrected chi connectivity index (χ2v) is 5.55. The van der Waals surface area contributed by atoms with E-state index in [9.17, 15) is 26.3 Å².